The molecule has 0 saturated carbocycles. The van der Waals surface area contributed by atoms with Crippen LogP contribution in [0.1, 0.15) is 30.0 Å². The molecule has 31 heavy (non-hydrogen) atoms. The van der Waals surface area contributed by atoms with Crippen LogP contribution in [0.3, 0.4) is 0 Å². The van der Waals surface area contributed by atoms with Gasteiger partial charge in [-0.25, -0.2) is 0 Å². The summed E-state index contributed by atoms with van der Waals surface area (Å²) in [6.07, 6.45) is 2.84. The molecule has 1 aliphatic heterocycles. The number of rotatable bonds is 6. The average Bonchev–Trinajstić information content (AvgIpc) is 3.01. The van der Waals surface area contributed by atoms with Crippen LogP contribution in [0.15, 0.2) is 65.1 Å². The Morgan fingerprint density at radius 2 is 1.87 bits per heavy atom. The van der Waals surface area contributed by atoms with Crippen molar-refractivity contribution in [2.24, 2.45) is 0 Å². The van der Waals surface area contributed by atoms with Crippen LogP contribution in [0.5, 0.6) is 5.75 Å². The Morgan fingerprint density at radius 1 is 1.06 bits per heavy atom. The maximum atomic E-state index is 13.0. The van der Waals surface area contributed by atoms with Crippen LogP contribution in [0.25, 0.3) is 11.6 Å². The van der Waals surface area contributed by atoms with Crippen LogP contribution in [-0.2, 0) is 11.4 Å². The van der Waals surface area contributed by atoms with E-state index in [1.54, 1.807) is 12.1 Å². The average molecular weight is 517 g/mol. The van der Waals surface area contributed by atoms with Crippen molar-refractivity contribution in [2.45, 2.75) is 20.0 Å². The quantitative estimate of drug-likeness (QED) is 0.315. The van der Waals surface area contributed by atoms with Gasteiger partial charge in [-0.15, -0.1) is 0 Å². The molecule has 1 heterocycles. The van der Waals surface area contributed by atoms with Crippen molar-refractivity contribution in [3.8, 4) is 5.75 Å². The Kier molecular flexibility index (Phi) is 6.71. The van der Waals surface area contributed by atoms with Gasteiger partial charge in [0.1, 0.15) is 12.4 Å². The van der Waals surface area contributed by atoms with Gasteiger partial charge in [-0.2, -0.15) is 0 Å². The summed E-state index contributed by atoms with van der Waals surface area (Å²) in [6, 6.07) is 19.0. The number of nitrogens with zero attached hydrogens (tertiary/aromatic N) is 1. The van der Waals surface area contributed by atoms with Gasteiger partial charge >= 0.3 is 0 Å². The van der Waals surface area contributed by atoms with Crippen LogP contribution in [0.4, 0.5) is 5.69 Å². The molecule has 0 saturated heterocycles. The third-order valence-electron chi connectivity index (χ3n) is 5.07. The summed E-state index contributed by atoms with van der Waals surface area (Å²) in [5.74, 6) is 0.732. The normalized spacial score (nSPS) is 14.3. The number of amides is 1. The summed E-state index contributed by atoms with van der Waals surface area (Å²) < 4.78 is 6.73. The summed E-state index contributed by atoms with van der Waals surface area (Å²) in [6.45, 7) is 3.11. The number of hydrogen-bond acceptors (Lipinski definition) is 2. The second kappa shape index (κ2) is 9.47. The summed E-state index contributed by atoms with van der Waals surface area (Å²) in [5.41, 5.74) is 4.42. The first-order chi connectivity index (χ1) is 15.0. The Balaban J connectivity index is 1.57. The fraction of sp³-hybridized carbons (Fsp3) is 0.160. The molecular formula is C25H20BrCl2NO2. The van der Waals surface area contributed by atoms with Gasteiger partial charge in [0.2, 0.25) is 0 Å². The van der Waals surface area contributed by atoms with Crippen LogP contribution < -0.4 is 9.64 Å². The first-order valence-electron chi connectivity index (χ1n) is 9.97. The molecule has 3 nitrogen and oxygen atoms in total. The smallest absolute Gasteiger partial charge is 0.258 e. The van der Waals surface area contributed by atoms with E-state index in [2.05, 4.69) is 22.9 Å². The molecule has 0 atom stereocenters. The molecule has 3 aromatic rings. The molecule has 6 heteroatoms. The van der Waals surface area contributed by atoms with Crippen molar-refractivity contribution in [1.82, 2.24) is 0 Å². The highest BCUT2D eigenvalue weighted by Gasteiger charge is 2.31. The highest BCUT2D eigenvalue weighted by atomic mass is 79.9. The van der Waals surface area contributed by atoms with Crippen LogP contribution in [-0.4, -0.2) is 12.5 Å². The van der Waals surface area contributed by atoms with E-state index < -0.39 is 0 Å². The number of hydrogen-bond donors (Lipinski definition) is 0. The number of carbonyl (C=O) groups excluding carboxylic acids is 1. The molecule has 1 aliphatic rings. The molecule has 0 bridgehead atoms. The Bertz CT molecular complexity index is 1180. The van der Waals surface area contributed by atoms with Crippen molar-refractivity contribution in [2.75, 3.05) is 11.4 Å². The standard InChI is InChI=1S/C25H20BrCl2NO2/c1-2-11-29-23-6-4-3-5-19(23)20(25(29)30)12-16-7-10-24(21(26)13-16)31-15-17-8-9-18(27)14-22(17)28/h3-10,12-14H,2,11,15H2,1H3/b20-12-. The van der Waals surface area contributed by atoms with Gasteiger partial charge in [0.25, 0.3) is 5.91 Å². The van der Waals surface area contributed by atoms with Crippen molar-refractivity contribution in [3.63, 3.8) is 0 Å². The molecule has 0 radical (unpaired) electrons. The number of halogens is 3. The van der Waals surface area contributed by atoms with Gasteiger partial charge in [0.05, 0.1) is 10.2 Å². The number of anilines is 1. The van der Waals surface area contributed by atoms with E-state index in [-0.39, 0.29) is 5.91 Å². The maximum absolute atomic E-state index is 13.0. The number of carbonyl (C=O) groups is 1. The Hall–Kier alpha value is -2.27. The molecule has 3 aromatic carbocycles. The zero-order valence-corrected chi connectivity index (χ0v) is 20.0. The number of benzene rings is 3. The highest BCUT2D eigenvalue weighted by Crippen LogP contribution is 2.38. The topological polar surface area (TPSA) is 29.5 Å². The second-order valence-electron chi connectivity index (χ2n) is 7.25. The molecule has 0 aliphatic carbocycles. The summed E-state index contributed by atoms with van der Waals surface area (Å²) in [7, 11) is 0. The fourth-order valence-electron chi connectivity index (χ4n) is 3.58. The second-order valence-corrected chi connectivity index (χ2v) is 8.94. The van der Waals surface area contributed by atoms with E-state index >= 15 is 0 Å². The van der Waals surface area contributed by atoms with E-state index in [0.29, 0.717) is 34.5 Å². The zero-order valence-electron chi connectivity index (χ0n) is 16.9. The molecule has 4 rings (SSSR count). The zero-order chi connectivity index (χ0) is 22.0. The third kappa shape index (κ3) is 4.67. The number of ether oxygens (including phenoxy) is 1. The van der Waals surface area contributed by atoms with Gasteiger partial charge < -0.3 is 9.64 Å². The predicted octanol–water partition coefficient (Wildman–Crippen LogP) is 7.63. The lowest BCUT2D eigenvalue weighted by Gasteiger charge is -2.15. The van der Waals surface area contributed by atoms with E-state index in [0.717, 1.165) is 33.3 Å². The number of fused-ring (bicyclic) bond motifs is 1. The van der Waals surface area contributed by atoms with Crippen LogP contribution in [0, 0.1) is 0 Å². The van der Waals surface area contributed by atoms with Gasteiger partial charge in [-0.05, 0) is 64.3 Å². The van der Waals surface area contributed by atoms with Crippen LogP contribution >= 0.6 is 39.1 Å². The first-order valence-corrected chi connectivity index (χ1v) is 11.5. The summed E-state index contributed by atoms with van der Waals surface area (Å²) >= 11 is 15.8. The van der Waals surface area contributed by atoms with Crippen molar-refractivity contribution >= 4 is 62.4 Å². The van der Waals surface area contributed by atoms with Gasteiger partial charge in [0, 0.05) is 33.3 Å². The largest absolute Gasteiger partial charge is 0.488 e. The molecule has 0 unspecified atom stereocenters. The Morgan fingerprint density at radius 3 is 2.61 bits per heavy atom. The SMILES string of the molecule is CCCN1C(=O)/C(=C\c2ccc(OCc3ccc(Cl)cc3Cl)c(Br)c2)c2ccccc21. The lowest BCUT2D eigenvalue weighted by atomic mass is 10.0. The van der Waals surface area contributed by atoms with E-state index in [9.17, 15) is 4.79 Å². The molecule has 0 spiro atoms. The molecule has 0 fully saturated rings. The minimum atomic E-state index is 0.0388. The third-order valence-corrected chi connectivity index (χ3v) is 6.28. The minimum Gasteiger partial charge on any atom is -0.488 e. The van der Waals surface area contributed by atoms with Gasteiger partial charge in [0.15, 0.2) is 0 Å². The molecule has 1 amide bonds. The Labute approximate surface area is 200 Å². The van der Waals surface area contributed by atoms with Gasteiger partial charge in [-0.1, -0.05) is 60.5 Å². The monoisotopic (exact) mass is 515 g/mol. The number of para-hydroxylation sites is 1. The van der Waals surface area contributed by atoms with Crippen LogP contribution in [0.2, 0.25) is 10.0 Å². The minimum absolute atomic E-state index is 0.0388. The first kappa shape index (κ1) is 21.9. The van der Waals surface area contributed by atoms with Gasteiger partial charge in [-0.3, -0.25) is 4.79 Å². The summed E-state index contributed by atoms with van der Waals surface area (Å²) in [4.78, 5) is 14.9. The molecule has 158 valence electrons. The van der Waals surface area contributed by atoms with E-state index in [1.165, 1.54) is 0 Å². The summed E-state index contributed by atoms with van der Waals surface area (Å²) in [5, 5.41) is 1.16. The van der Waals surface area contributed by atoms with E-state index in [1.807, 2.05) is 59.5 Å². The predicted molar refractivity (Wildman–Crippen MR) is 132 cm³/mol. The van der Waals surface area contributed by atoms with Crippen molar-refractivity contribution in [1.29, 1.82) is 0 Å². The van der Waals surface area contributed by atoms with E-state index in [4.69, 9.17) is 27.9 Å². The fourth-order valence-corrected chi connectivity index (χ4v) is 4.55. The lowest BCUT2D eigenvalue weighted by molar-refractivity contribution is -0.113. The van der Waals surface area contributed by atoms with Crippen molar-refractivity contribution in [3.05, 3.63) is 91.9 Å². The molecular weight excluding hydrogens is 497 g/mol. The van der Waals surface area contributed by atoms with Crippen molar-refractivity contribution < 1.29 is 9.53 Å². The molecule has 0 N–H and O–H groups in total. The maximum Gasteiger partial charge on any atom is 0.258 e. The lowest BCUT2D eigenvalue weighted by Crippen LogP contribution is -2.26. The molecule has 0 aromatic heterocycles. The highest BCUT2D eigenvalue weighted by molar-refractivity contribution is 9.10.